The molecule has 0 aliphatic rings. The molecule has 1 N–H and O–H groups in total. The Kier molecular flexibility index (Phi) is 4.16. The van der Waals surface area contributed by atoms with Crippen LogP contribution in [0.3, 0.4) is 0 Å². The van der Waals surface area contributed by atoms with Crippen LogP contribution in [0.25, 0.3) is 0 Å². The third kappa shape index (κ3) is 3.52. The molecule has 0 aromatic carbocycles. The minimum atomic E-state index is -1.39. The maximum Gasteiger partial charge on any atom is 0.363 e. The van der Waals surface area contributed by atoms with Gasteiger partial charge in [0, 0.05) is 6.54 Å². The maximum atomic E-state index is 10.7. The van der Waals surface area contributed by atoms with Crippen LogP contribution in [0.15, 0.2) is 6.20 Å². The van der Waals surface area contributed by atoms with Crippen molar-refractivity contribution < 1.29 is 14.8 Å². The molecule has 0 atom stereocenters. The summed E-state index contributed by atoms with van der Waals surface area (Å²) in [5.41, 5.74) is -0.984. The molecule has 94 valence electrons. The number of nitrogens with zero attached hydrogens (tertiary/aromatic N) is 4. The molecule has 0 fully saturated rings. The molecule has 8 heteroatoms. The summed E-state index contributed by atoms with van der Waals surface area (Å²) in [6.45, 7) is 1.25. The standard InChI is InChI=1S/C9H14N4O4/c1-11(2)4-3-5-12-6-7(13(16)17)8(10-12)9(14)15/h6H,3-5H2,1-2H3,(H,14,15). The Hall–Kier alpha value is -1.96. The van der Waals surface area contributed by atoms with Crippen molar-refractivity contribution in [2.24, 2.45) is 0 Å². The lowest BCUT2D eigenvalue weighted by atomic mass is 10.4. The fourth-order valence-electron chi connectivity index (χ4n) is 1.36. The molecule has 0 aliphatic carbocycles. The average molecular weight is 242 g/mol. The van der Waals surface area contributed by atoms with Crippen LogP contribution >= 0.6 is 0 Å². The molecule has 17 heavy (non-hydrogen) atoms. The lowest BCUT2D eigenvalue weighted by Gasteiger charge is -2.08. The molecular weight excluding hydrogens is 228 g/mol. The van der Waals surface area contributed by atoms with Gasteiger partial charge in [-0.25, -0.2) is 4.79 Å². The SMILES string of the molecule is CN(C)CCCn1cc([N+](=O)[O-])c(C(=O)O)n1. The van der Waals surface area contributed by atoms with Crippen molar-refractivity contribution in [3.8, 4) is 0 Å². The van der Waals surface area contributed by atoms with Gasteiger partial charge < -0.3 is 10.0 Å². The van der Waals surface area contributed by atoms with E-state index in [4.69, 9.17) is 5.11 Å². The van der Waals surface area contributed by atoms with E-state index in [1.165, 1.54) is 4.68 Å². The molecule has 1 rings (SSSR count). The minimum absolute atomic E-state index is 0.451. The number of carboxylic acids is 1. The van der Waals surface area contributed by atoms with Crippen LogP contribution in [0.5, 0.6) is 0 Å². The minimum Gasteiger partial charge on any atom is -0.476 e. The Bertz CT molecular complexity index is 395. The molecular formula is C9H14N4O4. The number of aromatic nitrogens is 2. The first-order chi connectivity index (χ1) is 7.91. The number of nitro groups is 1. The molecule has 0 spiro atoms. The highest BCUT2D eigenvalue weighted by atomic mass is 16.6. The van der Waals surface area contributed by atoms with E-state index < -0.39 is 22.3 Å². The topological polar surface area (TPSA) is 102 Å². The van der Waals surface area contributed by atoms with E-state index >= 15 is 0 Å². The second-order valence-corrected chi connectivity index (χ2v) is 3.85. The van der Waals surface area contributed by atoms with E-state index in [0.717, 1.165) is 19.2 Å². The Morgan fingerprint density at radius 1 is 1.65 bits per heavy atom. The highest BCUT2D eigenvalue weighted by Crippen LogP contribution is 2.16. The molecule has 0 radical (unpaired) electrons. The van der Waals surface area contributed by atoms with Gasteiger partial charge in [-0.3, -0.25) is 14.8 Å². The molecule has 0 aliphatic heterocycles. The highest BCUT2D eigenvalue weighted by molar-refractivity contribution is 5.89. The summed E-state index contributed by atoms with van der Waals surface area (Å²) in [7, 11) is 3.82. The van der Waals surface area contributed by atoms with Gasteiger partial charge in [0.1, 0.15) is 6.20 Å². The zero-order valence-corrected chi connectivity index (χ0v) is 9.66. The fraction of sp³-hybridized carbons (Fsp3) is 0.556. The first-order valence-corrected chi connectivity index (χ1v) is 5.01. The van der Waals surface area contributed by atoms with Gasteiger partial charge in [-0.2, -0.15) is 5.10 Å². The molecule has 1 heterocycles. The average Bonchev–Trinajstić information content (AvgIpc) is 2.61. The summed E-state index contributed by atoms with van der Waals surface area (Å²) in [5, 5.41) is 23.0. The number of carboxylic acid groups (broad SMARTS) is 1. The van der Waals surface area contributed by atoms with Crippen molar-refractivity contribution in [3.63, 3.8) is 0 Å². The van der Waals surface area contributed by atoms with Gasteiger partial charge in [-0.1, -0.05) is 0 Å². The Labute approximate surface area is 97.6 Å². The summed E-state index contributed by atoms with van der Waals surface area (Å²) < 4.78 is 1.30. The second kappa shape index (κ2) is 5.39. The number of aromatic carboxylic acids is 1. The van der Waals surface area contributed by atoms with Crippen molar-refractivity contribution in [3.05, 3.63) is 22.0 Å². The van der Waals surface area contributed by atoms with Crippen molar-refractivity contribution in [1.82, 2.24) is 14.7 Å². The van der Waals surface area contributed by atoms with Crippen molar-refractivity contribution in [2.45, 2.75) is 13.0 Å². The molecule has 0 unspecified atom stereocenters. The summed E-state index contributed by atoms with van der Waals surface area (Å²) in [5.74, 6) is -1.39. The van der Waals surface area contributed by atoms with Gasteiger partial charge >= 0.3 is 11.7 Å². The van der Waals surface area contributed by atoms with Crippen LogP contribution < -0.4 is 0 Å². The van der Waals surface area contributed by atoms with Crippen LogP contribution in [0.2, 0.25) is 0 Å². The summed E-state index contributed by atoms with van der Waals surface area (Å²) in [6, 6.07) is 0. The van der Waals surface area contributed by atoms with E-state index in [9.17, 15) is 14.9 Å². The van der Waals surface area contributed by atoms with Gasteiger partial charge in [-0.15, -0.1) is 0 Å². The lowest BCUT2D eigenvalue weighted by molar-refractivity contribution is -0.385. The van der Waals surface area contributed by atoms with E-state index in [1.54, 1.807) is 0 Å². The van der Waals surface area contributed by atoms with Crippen LogP contribution in [-0.4, -0.2) is 51.3 Å². The predicted octanol–water partition coefficient (Wildman–Crippen LogP) is 0.441. The zero-order valence-electron chi connectivity index (χ0n) is 9.66. The molecule has 0 amide bonds. The predicted molar refractivity (Wildman–Crippen MR) is 59.0 cm³/mol. The van der Waals surface area contributed by atoms with Gasteiger partial charge in [-0.05, 0) is 27.1 Å². The van der Waals surface area contributed by atoms with Crippen LogP contribution in [0, 0.1) is 10.1 Å². The van der Waals surface area contributed by atoms with Gasteiger partial charge in [0.2, 0.25) is 5.69 Å². The quantitative estimate of drug-likeness (QED) is 0.573. The number of hydrogen-bond donors (Lipinski definition) is 1. The van der Waals surface area contributed by atoms with Gasteiger partial charge in [0.15, 0.2) is 0 Å². The fourth-order valence-corrected chi connectivity index (χ4v) is 1.36. The summed E-state index contributed by atoms with van der Waals surface area (Å²) in [4.78, 5) is 22.6. The summed E-state index contributed by atoms with van der Waals surface area (Å²) >= 11 is 0. The van der Waals surface area contributed by atoms with Crippen molar-refractivity contribution in [2.75, 3.05) is 20.6 Å². The zero-order chi connectivity index (χ0) is 13.0. The monoisotopic (exact) mass is 242 g/mol. The highest BCUT2D eigenvalue weighted by Gasteiger charge is 2.24. The van der Waals surface area contributed by atoms with E-state index in [-0.39, 0.29) is 0 Å². The van der Waals surface area contributed by atoms with Crippen LogP contribution in [-0.2, 0) is 6.54 Å². The largest absolute Gasteiger partial charge is 0.476 e. The normalized spacial score (nSPS) is 10.8. The second-order valence-electron chi connectivity index (χ2n) is 3.85. The van der Waals surface area contributed by atoms with E-state index in [0.29, 0.717) is 6.54 Å². The van der Waals surface area contributed by atoms with E-state index in [2.05, 4.69) is 5.10 Å². The Morgan fingerprint density at radius 3 is 2.71 bits per heavy atom. The molecule has 0 saturated heterocycles. The van der Waals surface area contributed by atoms with E-state index in [1.807, 2.05) is 19.0 Å². The van der Waals surface area contributed by atoms with Crippen molar-refractivity contribution >= 4 is 11.7 Å². The smallest absolute Gasteiger partial charge is 0.363 e. The molecule has 1 aromatic rings. The number of rotatable bonds is 6. The van der Waals surface area contributed by atoms with Crippen LogP contribution in [0.1, 0.15) is 16.9 Å². The molecule has 8 nitrogen and oxygen atoms in total. The Morgan fingerprint density at radius 2 is 2.29 bits per heavy atom. The maximum absolute atomic E-state index is 10.7. The Balaban J connectivity index is 2.78. The first-order valence-electron chi connectivity index (χ1n) is 5.01. The first kappa shape index (κ1) is 13.1. The summed E-state index contributed by atoms with van der Waals surface area (Å²) in [6.07, 6.45) is 1.89. The molecule has 1 aromatic heterocycles. The molecule has 0 saturated carbocycles. The number of aryl methyl sites for hydroxylation is 1. The van der Waals surface area contributed by atoms with Gasteiger partial charge in [0.05, 0.1) is 4.92 Å². The van der Waals surface area contributed by atoms with Gasteiger partial charge in [0.25, 0.3) is 0 Å². The van der Waals surface area contributed by atoms with Crippen LogP contribution in [0.4, 0.5) is 5.69 Å². The third-order valence-corrected chi connectivity index (χ3v) is 2.13. The van der Waals surface area contributed by atoms with Crippen molar-refractivity contribution in [1.29, 1.82) is 0 Å². The number of hydrogen-bond acceptors (Lipinski definition) is 5. The number of carbonyl (C=O) groups is 1. The lowest BCUT2D eigenvalue weighted by Crippen LogP contribution is -2.15. The molecule has 0 bridgehead atoms. The third-order valence-electron chi connectivity index (χ3n) is 2.13.